The molecule has 0 fully saturated rings. The van der Waals surface area contributed by atoms with Crippen LogP contribution >= 0.6 is 0 Å². The zero-order chi connectivity index (χ0) is 27.5. The van der Waals surface area contributed by atoms with Crippen molar-refractivity contribution in [2.45, 2.75) is 84.8 Å². The van der Waals surface area contributed by atoms with E-state index in [2.05, 4.69) is 43.0 Å². The molecule has 0 aromatic carbocycles. The molecule has 10 heteroatoms. The van der Waals surface area contributed by atoms with Gasteiger partial charge in [0.2, 0.25) is 11.9 Å². The van der Waals surface area contributed by atoms with Gasteiger partial charge in [0, 0.05) is 38.1 Å². The summed E-state index contributed by atoms with van der Waals surface area (Å²) in [4.78, 5) is 40.1. The average Bonchev–Trinajstić information content (AvgIpc) is 2.86. The number of carbonyl (C=O) groups is 2. The first-order valence-electron chi connectivity index (χ1n) is 13.6. The molecule has 2 aromatic heterocycles. The first kappa shape index (κ1) is 29.3. The fraction of sp³-hybridized carbons (Fsp3) is 0.607. The number of ether oxygens (including phenoxy) is 1. The van der Waals surface area contributed by atoms with Gasteiger partial charge in [-0.1, -0.05) is 6.07 Å². The molecule has 1 aliphatic heterocycles. The van der Waals surface area contributed by atoms with Crippen LogP contribution in [0.2, 0.25) is 0 Å². The molecule has 10 nitrogen and oxygen atoms in total. The lowest BCUT2D eigenvalue weighted by molar-refractivity contribution is -0.156. The molecule has 1 aliphatic rings. The molecule has 1 amide bonds. The molecule has 0 aliphatic carbocycles. The number of amides is 1. The summed E-state index contributed by atoms with van der Waals surface area (Å²) < 4.78 is 5.66. The van der Waals surface area contributed by atoms with Crippen molar-refractivity contribution in [1.82, 2.24) is 25.2 Å². The van der Waals surface area contributed by atoms with Crippen LogP contribution in [-0.2, 0) is 27.2 Å². The molecular formula is C28H43N7O3. The Hall–Kier alpha value is -3.27. The van der Waals surface area contributed by atoms with Gasteiger partial charge in [0.05, 0.1) is 6.67 Å². The van der Waals surface area contributed by atoms with Crippen molar-refractivity contribution in [2.75, 3.05) is 36.9 Å². The first-order valence-corrected chi connectivity index (χ1v) is 13.6. The van der Waals surface area contributed by atoms with Gasteiger partial charge in [-0.2, -0.15) is 0 Å². The lowest BCUT2D eigenvalue weighted by atomic mass is 10.1. The second kappa shape index (κ2) is 14.0. The van der Waals surface area contributed by atoms with Gasteiger partial charge in [0.15, 0.2) is 0 Å². The molecule has 2 aromatic rings. The maximum atomic E-state index is 13.0. The molecule has 0 saturated heterocycles. The smallest absolute Gasteiger partial charge is 0.329 e. The minimum atomic E-state index is -0.621. The number of aryl methyl sites for hydroxylation is 3. The Bertz CT molecular complexity index is 1050. The van der Waals surface area contributed by atoms with E-state index in [0.29, 0.717) is 25.6 Å². The molecule has 3 N–H and O–H groups in total. The zero-order valence-electron chi connectivity index (χ0n) is 23.5. The van der Waals surface area contributed by atoms with Crippen molar-refractivity contribution in [2.24, 2.45) is 0 Å². The molecule has 38 heavy (non-hydrogen) atoms. The van der Waals surface area contributed by atoms with E-state index in [0.717, 1.165) is 62.3 Å². The number of rotatable bonds is 13. The van der Waals surface area contributed by atoms with Crippen LogP contribution in [0.1, 0.15) is 70.2 Å². The summed E-state index contributed by atoms with van der Waals surface area (Å²) in [6, 6.07) is 3.70. The Kier molecular flexibility index (Phi) is 10.8. The summed E-state index contributed by atoms with van der Waals surface area (Å²) in [5.74, 6) is 0.968. The molecule has 208 valence electrons. The number of esters is 1. The number of nitrogens with zero attached hydrogens (tertiary/aromatic N) is 4. The van der Waals surface area contributed by atoms with Gasteiger partial charge in [-0.3, -0.25) is 9.69 Å². The standard InChI is InChI=1S/C28H43N7O3/c1-20-17-30-27(31-18-20)34-24(26(37)38-28(3,4)5)13-16-35(19-32-21(2)36)15-7-6-10-23-12-11-22-9-8-14-29-25(22)33-23/h11-12,17-18,24H,6-10,13-16,19H2,1-5H3,(H,29,33)(H,32,36)(H,30,31,34). The van der Waals surface area contributed by atoms with Gasteiger partial charge in [0.1, 0.15) is 17.5 Å². The normalized spacial score (nSPS) is 13.8. The van der Waals surface area contributed by atoms with Gasteiger partial charge >= 0.3 is 5.97 Å². The van der Waals surface area contributed by atoms with Crippen LogP contribution in [-0.4, -0.2) is 69.7 Å². The number of hydrogen-bond donors (Lipinski definition) is 3. The minimum absolute atomic E-state index is 0.0874. The third kappa shape index (κ3) is 10.2. The van der Waals surface area contributed by atoms with E-state index in [1.54, 1.807) is 12.4 Å². The molecule has 3 heterocycles. The van der Waals surface area contributed by atoms with Crippen LogP contribution in [0.5, 0.6) is 0 Å². The van der Waals surface area contributed by atoms with E-state index in [9.17, 15) is 9.59 Å². The highest BCUT2D eigenvalue weighted by Gasteiger charge is 2.26. The number of pyridine rings is 1. The van der Waals surface area contributed by atoms with Crippen LogP contribution in [0.25, 0.3) is 0 Å². The Balaban J connectivity index is 1.56. The van der Waals surface area contributed by atoms with Gasteiger partial charge in [0.25, 0.3) is 0 Å². The van der Waals surface area contributed by atoms with Gasteiger partial charge < -0.3 is 20.7 Å². The van der Waals surface area contributed by atoms with E-state index in [-0.39, 0.29) is 11.9 Å². The number of nitrogens with one attached hydrogen (secondary N) is 3. The van der Waals surface area contributed by atoms with E-state index >= 15 is 0 Å². The predicted molar refractivity (Wildman–Crippen MR) is 149 cm³/mol. The summed E-state index contributed by atoms with van der Waals surface area (Å²) in [7, 11) is 0. The van der Waals surface area contributed by atoms with Gasteiger partial charge in [-0.25, -0.2) is 19.7 Å². The Morgan fingerprint density at radius 3 is 2.63 bits per heavy atom. The van der Waals surface area contributed by atoms with E-state index in [1.807, 2.05) is 27.7 Å². The number of unbranched alkanes of at least 4 members (excludes halogenated alkanes) is 1. The monoisotopic (exact) mass is 525 g/mol. The largest absolute Gasteiger partial charge is 0.458 e. The molecule has 0 saturated carbocycles. The number of aromatic nitrogens is 3. The van der Waals surface area contributed by atoms with E-state index < -0.39 is 11.6 Å². The topological polar surface area (TPSA) is 121 Å². The van der Waals surface area contributed by atoms with Crippen molar-refractivity contribution in [3.8, 4) is 0 Å². The van der Waals surface area contributed by atoms with Crippen LogP contribution in [0, 0.1) is 6.92 Å². The Morgan fingerprint density at radius 1 is 1.16 bits per heavy atom. The van der Waals surface area contributed by atoms with Crippen LogP contribution < -0.4 is 16.0 Å². The Labute approximate surface area is 226 Å². The fourth-order valence-corrected chi connectivity index (χ4v) is 4.20. The maximum Gasteiger partial charge on any atom is 0.329 e. The van der Waals surface area contributed by atoms with Crippen molar-refractivity contribution < 1.29 is 14.3 Å². The van der Waals surface area contributed by atoms with Crippen molar-refractivity contribution in [3.63, 3.8) is 0 Å². The highest BCUT2D eigenvalue weighted by atomic mass is 16.6. The molecular weight excluding hydrogens is 482 g/mol. The second-order valence-electron chi connectivity index (χ2n) is 10.9. The first-order chi connectivity index (χ1) is 18.1. The van der Waals surface area contributed by atoms with Crippen LogP contribution in [0.15, 0.2) is 24.5 Å². The molecule has 1 unspecified atom stereocenters. The number of hydrogen-bond acceptors (Lipinski definition) is 9. The van der Waals surface area contributed by atoms with Crippen molar-refractivity contribution in [3.05, 3.63) is 41.3 Å². The highest BCUT2D eigenvalue weighted by Crippen LogP contribution is 2.20. The summed E-state index contributed by atoms with van der Waals surface area (Å²) in [6.07, 6.45) is 8.95. The minimum Gasteiger partial charge on any atom is -0.458 e. The van der Waals surface area contributed by atoms with Gasteiger partial charge in [-0.15, -0.1) is 0 Å². The third-order valence-corrected chi connectivity index (χ3v) is 6.17. The van der Waals surface area contributed by atoms with E-state index in [1.165, 1.54) is 12.5 Å². The molecule has 3 rings (SSSR count). The average molecular weight is 526 g/mol. The number of fused-ring (bicyclic) bond motifs is 1. The molecule has 0 radical (unpaired) electrons. The summed E-state index contributed by atoms with van der Waals surface area (Å²) in [5, 5.41) is 9.43. The zero-order valence-corrected chi connectivity index (χ0v) is 23.5. The van der Waals surface area contributed by atoms with Crippen molar-refractivity contribution >= 4 is 23.6 Å². The second-order valence-corrected chi connectivity index (χ2v) is 10.9. The van der Waals surface area contributed by atoms with Crippen LogP contribution in [0.3, 0.4) is 0 Å². The summed E-state index contributed by atoms with van der Waals surface area (Å²) in [5.41, 5.74) is 2.72. The van der Waals surface area contributed by atoms with Gasteiger partial charge in [-0.05, 0) is 90.0 Å². The molecule has 0 bridgehead atoms. The quantitative estimate of drug-likeness (QED) is 0.205. The SMILES string of the molecule is CC(=O)NCN(CCCCc1ccc2c(n1)NCCC2)CCC(Nc1ncc(C)cn1)C(=O)OC(C)(C)C. The molecule has 1 atom stereocenters. The summed E-state index contributed by atoms with van der Waals surface area (Å²) >= 11 is 0. The number of anilines is 2. The number of carbonyl (C=O) groups excluding carboxylic acids is 2. The third-order valence-electron chi connectivity index (χ3n) is 6.17. The van der Waals surface area contributed by atoms with E-state index in [4.69, 9.17) is 9.72 Å². The molecule has 0 spiro atoms. The lowest BCUT2D eigenvalue weighted by Gasteiger charge is -2.27. The fourth-order valence-electron chi connectivity index (χ4n) is 4.20. The highest BCUT2D eigenvalue weighted by molar-refractivity contribution is 5.79. The summed E-state index contributed by atoms with van der Waals surface area (Å²) in [6.45, 7) is 11.7. The lowest BCUT2D eigenvalue weighted by Crippen LogP contribution is -2.42. The maximum absolute atomic E-state index is 13.0. The predicted octanol–water partition coefficient (Wildman–Crippen LogP) is 3.47. The van der Waals surface area contributed by atoms with Crippen LogP contribution in [0.4, 0.5) is 11.8 Å². The Morgan fingerprint density at radius 2 is 1.92 bits per heavy atom. The van der Waals surface area contributed by atoms with Crippen molar-refractivity contribution in [1.29, 1.82) is 0 Å².